The number of aromatic nitrogens is 5. The van der Waals surface area contributed by atoms with Gasteiger partial charge in [-0.3, -0.25) is 14.6 Å². The van der Waals surface area contributed by atoms with E-state index in [0.717, 1.165) is 53.8 Å². The van der Waals surface area contributed by atoms with Crippen LogP contribution in [0, 0.1) is 0 Å². The summed E-state index contributed by atoms with van der Waals surface area (Å²) in [5, 5.41) is 5.41. The summed E-state index contributed by atoms with van der Waals surface area (Å²) in [6.07, 6.45) is 7.04. The highest BCUT2D eigenvalue weighted by Crippen LogP contribution is 2.36. The Hall–Kier alpha value is -7.29. The molecular formula is C45H45N9O6. The number of hydrogen-bond acceptors (Lipinski definition) is 9. The molecule has 0 bridgehead atoms. The van der Waals surface area contributed by atoms with Gasteiger partial charge in [-0.25, -0.2) is 19.6 Å². The quantitative estimate of drug-likeness (QED) is 0.106. The van der Waals surface area contributed by atoms with Crippen molar-refractivity contribution < 1.29 is 28.7 Å². The SMILES string of the molecule is COC(=O)N[C@@H](C(=O)N1CCCC1c1ncc(-c2ccc(-c3ccc(-c4cnc(C5CCCN5C(=O)[C@H](NC(=O)OC)c5ccccc5)[nH]4)nc3)cc2)[nH]1)c1ccccc1. The van der Waals surface area contributed by atoms with Gasteiger partial charge in [0.1, 0.15) is 23.7 Å². The van der Waals surface area contributed by atoms with Crippen molar-refractivity contribution in [2.75, 3.05) is 27.3 Å². The molecular weight excluding hydrogens is 763 g/mol. The summed E-state index contributed by atoms with van der Waals surface area (Å²) in [6.45, 7) is 1.08. The maximum absolute atomic E-state index is 13.9. The lowest BCUT2D eigenvalue weighted by atomic mass is 10.0. The molecule has 60 heavy (non-hydrogen) atoms. The number of pyridine rings is 1. The summed E-state index contributed by atoms with van der Waals surface area (Å²) in [6, 6.07) is 27.9. The molecule has 2 saturated heterocycles. The van der Waals surface area contributed by atoms with Crippen molar-refractivity contribution in [3.63, 3.8) is 0 Å². The molecule has 3 aromatic heterocycles. The Bertz CT molecular complexity index is 2270. The van der Waals surface area contributed by atoms with E-state index in [4.69, 9.17) is 19.4 Å². The van der Waals surface area contributed by atoms with E-state index in [1.165, 1.54) is 14.2 Å². The molecule has 0 aliphatic carbocycles. The number of imidazole rings is 2. The standard InChI is InChI=1S/C45H45N9O6/c1-59-44(57)51-38(30-11-5-3-6-12-30)42(55)53-23-9-15-36(53)40-47-26-34(49-40)29-19-17-28(18-20-29)32-21-22-33(46-25-32)35-27-48-41(50-35)37-16-10-24-54(37)43(56)39(52-45(58)60-2)31-13-7-4-8-14-31/h3-8,11-14,17-22,25-27,36-39H,9-10,15-16,23-24H2,1-2H3,(H,47,49)(H,48,50)(H,51,57)(H,52,58)/t36?,37?,38-,39-/m1/s1. The second kappa shape index (κ2) is 17.7. The molecule has 4 N–H and O–H groups in total. The molecule has 5 heterocycles. The molecule has 2 unspecified atom stereocenters. The average Bonchev–Trinajstić information content (AvgIpc) is 4.15. The van der Waals surface area contributed by atoms with Gasteiger partial charge < -0.3 is 39.9 Å². The topological polar surface area (TPSA) is 188 Å². The lowest BCUT2D eigenvalue weighted by Gasteiger charge is -2.28. The normalized spacial score (nSPS) is 17.2. The fourth-order valence-corrected chi connectivity index (χ4v) is 8.04. The van der Waals surface area contributed by atoms with Gasteiger partial charge in [0.15, 0.2) is 0 Å². The van der Waals surface area contributed by atoms with Crippen molar-refractivity contribution in [1.29, 1.82) is 0 Å². The molecule has 0 spiro atoms. The second-order valence-corrected chi connectivity index (χ2v) is 14.7. The predicted octanol–water partition coefficient (Wildman–Crippen LogP) is 7.05. The van der Waals surface area contributed by atoms with Gasteiger partial charge in [0, 0.05) is 24.8 Å². The van der Waals surface area contributed by atoms with Gasteiger partial charge in [0.05, 0.1) is 55.8 Å². The Morgan fingerprint density at radius 3 is 1.53 bits per heavy atom. The van der Waals surface area contributed by atoms with Gasteiger partial charge in [-0.2, -0.15) is 0 Å². The summed E-state index contributed by atoms with van der Waals surface area (Å²) in [5.74, 6) is 0.888. The number of nitrogens with zero attached hydrogens (tertiary/aromatic N) is 5. The van der Waals surface area contributed by atoms with Crippen LogP contribution in [0.4, 0.5) is 9.59 Å². The van der Waals surface area contributed by atoms with E-state index in [0.29, 0.717) is 41.6 Å². The highest BCUT2D eigenvalue weighted by atomic mass is 16.5. The van der Waals surface area contributed by atoms with Gasteiger partial charge in [0.2, 0.25) is 0 Å². The molecule has 4 amide bonds. The molecule has 2 fully saturated rings. The number of hydrogen-bond donors (Lipinski definition) is 4. The number of rotatable bonds is 11. The third-order valence-corrected chi connectivity index (χ3v) is 11.1. The van der Waals surface area contributed by atoms with Gasteiger partial charge in [-0.05, 0) is 54.0 Å². The van der Waals surface area contributed by atoms with Gasteiger partial charge in [-0.1, -0.05) is 91.0 Å². The third kappa shape index (κ3) is 8.32. The van der Waals surface area contributed by atoms with Crippen LogP contribution in [0.15, 0.2) is 116 Å². The first-order chi connectivity index (χ1) is 29.3. The summed E-state index contributed by atoms with van der Waals surface area (Å²) in [7, 11) is 2.55. The summed E-state index contributed by atoms with van der Waals surface area (Å²) >= 11 is 0. The van der Waals surface area contributed by atoms with Crippen LogP contribution >= 0.6 is 0 Å². The molecule has 0 saturated carbocycles. The maximum Gasteiger partial charge on any atom is 0.407 e. The number of alkyl carbamates (subject to hydrolysis) is 2. The number of amides is 4. The van der Waals surface area contributed by atoms with Crippen LogP contribution in [0.5, 0.6) is 0 Å². The second-order valence-electron chi connectivity index (χ2n) is 14.7. The maximum atomic E-state index is 13.9. The molecule has 15 nitrogen and oxygen atoms in total. The molecule has 0 radical (unpaired) electrons. The first kappa shape index (κ1) is 39.5. The van der Waals surface area contributed by atoms with E-state index in [-0.39, 0.29) is 23.9 Å². The van der Waals surface area contributed by atoms with Crippen LogP contribution in [0.25, 0.3) is 33.8 Å². The highest BCUT2D eigenvalue weighted by molar-refractivity contribution is 5.88. The number of carbonyl (C=O) groups is 4. The monoisotopic (exact) mass is 807 g/mol. The first-order valence-corrected chi connectivity index (χ1v) is 19.9. The van der Waals surface area contributed by atoms with E-state index in [2.05, 4.69) is 25.6 Å². The van der Waals surface area contributed by atoms with Crippen LogP contribution in [0.1, 0.15) is 72.6 Å². The van der Waals surface area contributed by atoms with E-state index in [9.17, 15) is 19.2 Å². The number of likely N-dealkylation sites (tertiary alicyclic amines) is 2. The van der Waals surface area contributed by atoms with Crippen molar-refractivity contribution in [3.05, 3.63) is 138 Å². The van der Waals surface area contributed by atoms with Crippen LogP contribution in [-0.4, -0.2) is 86.0 Å². The van der Waals surface area contributed by atoms with Gasteiger partial charge in [0.25, 0.3) is 11.8 Å². The zero-order chi connectivity index (χ0) is 41.6. The zero-order valence-corrected chi connectivity index (χ0v) is 33.2. The van der Waals surface area contributed by atoms with Crippen molar-refractivity contribution in [3.8, 4) is 33.8 Å². The minimum Gasteiger partial charge on any atom is -0.453 e. The van der Waals surface area contributed by atoms with Crippen molar-refractivity contribution >= 4 is 24.0 Å². The number of methoxy groups -OCH3 is 2. The molecule has 2 aliphatic heterocycles. The highest BCUT2D eigenvalue weighted by Gasteiger charge is 2.38. The van der Waals surface area contributed by atoms with Crippen molar-refractivity contribution in [2.45, 2.75) is 49.9 Å². The molecule has 306 valence electrons. The summed E-state index contributed by atoms with van der Waals surface area (Å²) in [4.78, 5) is 76.7. The lowest BCUT2D eigenvalue weighted by molar-refractivity contribution is -0.135. The average molecular weight is 808 g/mol. The number of nitrogens with one attached hydrogen (secondary N) is 4. The van der Waals surface area contributed by atoms with Crippen molar-refractivity contribution in [1.82, 2.24) is 45.4 Å². The largest absolute Gasteiger partial charge is 0.453 e. The Morgan fingerprint density at radius 1 is 0.583 bits per heavy atom. The molecule has 2 aliphatic rings. The van der Waals surface area contributed by atoms with E-state index < -0.39 is 24.3 Å². The number of aromatic amines is 2. The molecule has 4 atom stereocenters. The summed E-state index contributed by atoms with van der Waals surface area (Å²) < 4.78 is 9.64. The smallest absolute Gasteiger partial charge is 0.407 e. The van der Waals surface area contributed by atoms with Crippen LogP contribution < -0.4 is 10.6 Å². The van der Waals surface area contributed by atoms with Crippen LogP contribution in [0.2, 0.25) is 0 Å². The van der Waals surface area contributed by atoms with Gasteiger partial charge in [-0.15, -0.1) is 0 Å². The molecule has 8 rings (SSSR count). The van der Waals surface area contributed by atoms with E-state index >= 15 is 0 Å². The number of ether oxygens (including phenoxy) is 2. The first-order valence-electron chi connectivity index (χ1n) is 19.9. The zero-order valence-electron chi connectivity index (χ0n) is 33.2. The van der Waals surface area contributed by atoms with E-state index in [1.807, 2.05) is 91.1 Å². The molecule has 6 aromatic rings. The fraction of sp³-hybridized carbons (Fsp3) is 0.267. The predicted molar refractivity (Wildman–Crippen MR) is 222 cm³/mol. The Morgan fingerprint density at radius 2 is 1.05 bits per heavy atom. The van der Waals surface area contributed by atoms with Crippen molar-refractivity contribution in [2.24, 2.45) is 0 Å². The number of benzene rings is 3. The number of carbonyl (C=O) groups excluding carboxylic acids is 4. The van der Waals surface area contributed by atoms with Crippen LogP contribution in [0.3, 0.4) is 0 Å². The van der Waals surface area contributed by atoms with E-state index in [1.54, 1.807) is 34.3 Å². The Kier molecular flexibility index (Phi) is 11.7. The Labute approximate surface area is 346 Å². The Balaban J connectivity index is 0.928. The number of H-pyrrole nitrogens is 2. The lowest BCUT2D eigenvalue weighted by Crippen LogP contribution is -2.42. The van der Waals surface area contributed by atoms with Gasteiger partial charge >= 0.3 is 12.2 Å². The molecule has 3 aromatic carbocycles. The molecule has 15 heteroatoms. The third-order valence-electron chi connectivity index (χ3n) is 11.1. The minimum atomic E-state index is -0.896. The van der Waals surface area contributed by atoms with Crippen LogP contribution in [-0.2, 0) is 19.1 Å². The summed E-state index contributed by atoms with van der Waals surface area (Å²) in [5.41, 5.74) is 6.45. The fourth-order valence-electron chi connectivity index (χ4n) is 8.04. The minimum absolute atomic E-state index is 0.222.